The fraction of sp³-hybridized carbons (Fsp3) is 0.611. The molecule has 1 heterocycles. The molecule has 2 atom stereocenters. The third kappa shape index (κ3) is 4.31. The van der Waals surface area contributed by atoms with Gasteiger partial charge in [-0.1, -0.05) is 38.5 Å². The van der Waals surface area contributed by atoms with E-state index in [0.29, 0.717) is 18.5 Å². The molecule has 4 heteroatoms. The molecule has 122 valence electrons. The number of rotatable bonds is 5. The molecule has 0 aromatic heterocycles. The number of likely N-dealkylation sites (tertiary alicyclic amines) is 1. The molecule has 22 heavy (non-hydrogen) atoms. The Morgan fingerprint density at radius 2 is 2.05 bits per heavy atom. The SMILES string of the molecule is CC(C)c1ccccc1NC(=O)CN1CCCCC1C(C)N. The van der Waals surface area contributed by atoms with Crippen molar-refractivity contribution in [3.8, 4) is 0 Å². The zero-order valence-electron chi connectivity index (χ0n) is 14.0. The van der Waals surface area contributed by atoms with Crippen LogP contribution in [0, 0.1) is 0 Å². The Bertz CT molecular complexity index is 499. The first-order valence-electron chi connectivity index (χ1n) is 8.37. The van der Waals surface area contributed by atoms with Crippen molar-refractivity contribution in [2.45, 2.75) is 58.0 Å². The molecule has 1 saturated heterocycles. The maximum absolute atomic E-state index is 12.4. The van der Waals surface area contributed by atoms with E-state index in [0.717, 1.165) is 25.1 Å². The number of carbonyl (C=O) groups excluding carboxylic acids is 1. The molecule has 0 spiro atoms. The van der Waals surface area contributed by atoms with Crippen molar-refractivity contribution in [2.75, 3.05) is 18.4 Å². The van der Waals surface area contributed by atoms with Crippen LogP contribution in [0.5, 0.6) is 0 Å². The molecule has 0 aliphatic carbocycles. The summed E-state index contributed by atoms with van der Waals surface area (Å²) in [5.74, 6) is 0.448. The number of hydrogen-bond donors (Lipinski definition) is 2. The zero-order valence-corrected chi connectivity index (χ0v) is 14.0. The fourth-order valence-corrected chi connectivity index (χ4v) is 3.30. The number of amides is 1. The molecule has 1 aliphatic rings. The van der Waals surface area contributed by atoms with E-state index >= 15 is 0 Å². The number of hydrogen-bond acceptors (Lipinski definition) is 3. The van der Waals surface area contributed by atoms with Gasteiger partial charge in [-0.2, -0.15) is 0 Å². The standard InChI is InChI=1S/C18H29N3O/c1-13(2)15-8-4-5-9-16(15)20-18(22)12-21-11-7-6-10-17(21)14(3)19/h4-5,8-9,13-14,17H,6-7,10-12,19H2,1-3H3,(H,20,22). The van der Waals surface area contributed by atoms with Gasteiger partial charge in [0.15, 0.2) is 0 Å². The number of anilines is 1. The summed E-state index contributed by atoms with van der Waals surface area (Å²) in [5.41, 5.74) is 8.18. The first kappa shape index (κ1) is 17.0. The number of para-hydroxylation sites is 1. The number of benzene rings is 1. The summed E-state index contributed by atoms with van der Waals surface area (Å²) in [4.78, 5) is 14.7. The number of nitrogens with zero attached hydrogens (tertiary/aromatic N) is 1. The van der Waals surface area contributed by atoms with E-state index in [1.807, 2.05) is 25.1 Å². The molecule has 1 aromatic carbocycles. The van der Waals surface area contributed by atoms with Crippen LogP contribution in [0.1, 0.15) is 51.5 Å². The Balaban J connectivity index is 2.01. The molecular formula is C18H29N3O. The average Bonchev–Trinajstić information content (AvgIpc) is 2.47. The van der Waals surface area contributed by atoms with Gasteiger partial charge in [0.05, 0.1) is 6.54 Å². The lowest BCUT2D eigenvalue weighted by Crippen LogP contribution is -2.51. The molecule has 2 rings (SSSR count). The minimum Gasteiger partial charge on any atom is -0.327 e. The largest absolute Gasteiger partial charge is 0.327 e. The topological polar surface area (TPSA) is 58.4 Å². The molecule has 0 saturated carbocycles. The van der Waals surface area contributed by atoms with Gasteiger partial charge in [0.2, 0.25) is 5.91 Å². The summed E-state index contributed by atoms with van der Waals surface area (Å²) in [5, 5.41) is 3.08. The Morgan fingerprint density at radius 1 is 1.32 bits per heavy atom. The summed E-state index contributed by atoms with van der Waals surface area (Å²) in [6.45, 7) is 7.71. The average molecular weight is 303 g/mol. The molecule has 1 amide bonds. The summed E-state index contributed by atoms with van der Waals surface area (Å²) in [6, 6.07) is 8.46. The Labute approximate surface area is 134 Å². The first-order chi connectivity index (χ1) is 10.5. The Morgan fingerprint density at radius 3 is 2.73 bits per heavy atom. The minimum absolute atomic E-state index is 0.0562. The minimum atomic E-state index is 0.0562. The number of carbonyl (C=O) groups is 1. The molecule has 1 aliphatic heterocycles. The molecule has 2 unspecified atom stereocenters. The maximum Gasteiger partial charge on any atom is 0.238 e. The zero-order chi connectivity index (χ0) is 16.1. The van der Waals surface area contributed by atoms with Gasteiger partial charge in [-0.15, -0.1) is 0 Å². The molecule has 0 radical (unpaired) electrons. The summed E-state index contributed by atoms with van der Waals surface area (Å²) in [7, 11) is 0. The Hall–Kier alpha value is -1.39. The van der Waals surface area contributed by atoms with Gasteiger partial charge >= 0.3 is 0 Å². The van der Waals surface area contributed by atoms with Crippen LogP contribution in [0.15, 0.2) is 24.3 Å². The van der Waals surface area contributed by atoms with Crippen molar-refractivity contribution in [2.24, 2.45) is 5.73 Å². The van der Waals surface area contributed by atoms with Crippen LogP contribution in [0.2, 0.25) is 0 Å². The molecule has 1 aromatic rings. The smallest absolute Gasteiger partial charge is 0.238 e. The van der Waals surface area contributed by atoms with Crippen LogP contribution in [-0.2, 0) is 4.79 Å². The second-order valence-corrected chi connectivity index (χ2v) is 6.68. The van der Waals surface area contributed by atoms with Gasteiger partial charge in [-0.25, -0.2) is 0 Å². The van der Waals surface area contributed by atoms with Crippen molar-refractivity contribution in [3.05, 3.63) is 29.8 Å². The number of nitrogens with two attached hydrogens (primary N) is 1. The van der Waals surface area contributed by atoms with E-state index in [-0.39, 0.29) is 11.9 Å². The van der Waals surface area contributed by atoms with Crippen molar-refractivity contribution >= 4 is 11.6 Å². The van der Waals surface area contributed by atoms with Gasteiger partial charge in [-0.05, 0) is 43.9 Å². The third-order valence-electron chi connectivity index (χ3n) is 4.47. The lowest BCUT2D eigenvalue weighted by atomic mass is 9.97. The van der Waals surface area contributed by atoms with E-state index < -0.39 is 0 Å². The van der Waals surface area contributed by atoms with Gasteiger partial charge in [0.25, 0.3) is 0 Å². The quantitative estimate of drug-likeness (QED) is 0.879. The van der Waals surface area contributed by atoms with E-state index in [1.54, 1.807) is 0 Å². The predicted octanol–water partition coefficient (Wildman–Crippen LogP) is 2.95. The van der Waals surface area contributed by atoms with Crippen LogP contribution >= 0.6 is 0 Å². The van der Waals surface area contributed by atoms with Gasteiger partial charge in [0.1, 0.15) is 0 Å². The molecule has 0 bridgehead atoms. The maximum atomic E-state index is 12.4. The van der Waals surface area contributed by atoms with E-state index in [1.165, 1.54) is 12.0 Å². The summed E-state index contributed by atoms with van der Waals surface area (Å²) < 4.78 is 0. The van der Waals surface area contributed by atoms with Crippen molar-refractivity contribution in [3.63, 3.8) is 0 Å². The highest BCUT2D eigenvalue weighted by molar-refractivity contribution is 5.93. The van der Waals surface area contributed by atoms with Crippen molar-refractivity contribution in [1.29, 1.82) is 0 Å². The predicted molar refractivity (Wildman–Crippen MR) is 92.0 cm³/mol. The van der Waals surface area contributed by atoms with Crippen LogP contribution in [0.4, 0.5) is 5.69 Å². The van der Waals surface area contributed by atoms with Gasteiger partial charge < -0.3 is 11.1 Å². The molecule has 4 nitrogen and oxygen atoms in total. The second-order valence-electron chi connectivity index (χ2n) is 6.68. The first-order valence-corrected chi connectivity index (χ1v) is 8.37. The van der Waals surface area contributed by atoms with Crippen LogP contribution in [0.3, 0.4) is 0 Å². The number of nitrogens with one attached hydrogen (secondary N) is 1. The highest BCUT2D eigenvalue weighted by atomic mass is 16.2. The fourth-order valence-electron chi connectivity index (χ4n) is 3.30. The number of piperidine rings is 1. The lowest BCUT2D eigenvalue weighted by Gasteiger charge is -2.37. The Kier molecular flexibility index (Phi) is 5.98. The van der Waals surface area contributed by atoms with Crippen molar-refractivity contribution < 1.29 is 4.79 Å². The lowest BCUT2D eigenvalue weighted by molar-refractivity contribution is -0.118. The van der Waals surface area contributed by atoms with Crippen LogP contribution in [0.25, 0.3) is 0 Å². The van der Waals surface area contributed by atoms with E-state index in [4.69, 9.17) is 5.73 Å². The van der Waals surface area contributed by atoms with Gasteiger partial charge in [0, 0.05) is 17.8 Å². The van der Waals surface area contributed by atoms with Gasteiger partial charge in [-0.3, -0.25) is 9.69 Å². The van der Waals surface area contributed by atoms with Crippen LogP contribution < -0.4 is 11.1 Å². The van der Waals surface area contributed by atoms with Crippen molar-refractivity contribution in [1.82, 2.24) is 4.90 Å². The summed E-state index contributed by atoms with van der Waals surface area (Å²) >= 11 is 0. The highest BCUT2D eigenvalue weighted by Crippen LogP contribution is 2.24. The molecular weight excluding hydrogens is 274 g/mol. The monoisotopic (exact) mass is 303 g/mol. The van der Waals surface area contributed by atoms with Crippen LogP contribution in [-0.4, -0.2) is 36.0 Å². The third-order valence-corrected chi connectivity index (χ3v) is 4.47. The second kappa shape index (κ2) is 7.75. The molecule has 1 fully saturated rings. The van der Waals surface area contributed by atoms with E-state index in [2.05, 4.69) is 30.1 Å². The highest BCUT2D eigenvalue weighted by Gasteiger charge is 2.27. The summed E-state index contributed by atoms with van der Waals surface area (Å²) in [6.07, 6.45) is 3.45. The molecule has 3 N–H and O–H groups in total. The normalized spacial score (nSPS) is 20.9. The van der Waals surface area contributed by atoms with E-state index in [9.17, 15) is 4.79 Å².